The summed E-state index contributed by atoms with van der Waals surface area (Å²) in [5, 5.41) is 11.1. The molecule has 0 fully saturated rings. The fraction of sp³-hybridized carbons (Fsp3) is 0.828. The zero-order valence-electron chi connectivity index (χ0n) is 50.5. The van der Waals surface area contributed by atoms with E-state index in [2.05, 4.69) is 63.8 Å². The van der Waals surface area contributed by atoms with Crippen molar-refractivity contribution in [3.05, 3.63) is 54.3 Å². The van der Waals surface area contributed by atoms with Crippen LogP contribution in [0.3, 0.4) is 0 Å². The molecule has 0 heterocycles. The van der Waals surface area contributed by atoms with E-state index in [1.807, 2.05) is 6.92 Å². The van der Waals surface area contributed by atoms with Crippen molar-refractivity contribution in [3.63, 3.8) is 0 Å². The van der Waals surface area contributed by atoms with E-state index >= 15 is 0 Å². The van der Waals surface area contributed by atoms with Gasteiger partial charge in [0.2, 0.25) is 0 Å². The van der Waals surface area contributed by atoms with Gasteiger partial charge in [-0.25, -0.2) is 9.65 Å². The summed E-state index contributed by atoms with van der Waals surface area (Å²) in [6.07, 6.45) is 63.6. The Kier molecular flexibility index (Phi) is 67.1. The van der Waals surface area contributed by atoms with Gasteiger partial charge in [0.15, 0.2) is 6.10 Å². The van der Waals surface area contributed by atoms with Gasteiger partial charge >= 0.3 is 26.2 Å². The van der Waals surface area contributed by atoms with Crippen molar-refractivity contribution in [1.82, 2.24) is 0 Å². The Morgan fingerprint density at radius 3 is 0.987 bits per heavy atom. The molecule has 0 aromatic heterocycles. The van der Waals surface area contributed by atoms with Gasteiger partial charge in [-0.15, -0.1) is 16.4 Å². The Bertz CT molecular complexity index is 1330. The summed E-state index contributed by atoms with van der Waals surface area (Å²) in [6.45, 7) is 12.9. The van der Waals surface area contributed by atoms with Gasteiger partial charge in [-0.1, -0.05) is 217 Å². The second-order valence-corrected chi connectivity index (χ2v) is 21.5. The third-order valence-corrected chi connectivity index (χ3v) is 13.2. The summed E-state index contributed by atoms with van der Waals surface area (Å²) in [4.78, 5) is 56.5. The summed E-state index contributed by atoms with van der Waals surface area (Å²) in [6, 6.07) is 0. The van der Waals surface area contributed by atoms with Crippen LogP contribution in [-0.2, 0) is 38.0 Å². The van der Waals surface area contributed by atoms with Crippen LogP contribution in [0.1, 0.15) is 304 Å². The first-order valence-electron chi connectivity index (χ1n) is 31.5. The molecule has 0 spiro atoms. The predicted octanol–water partition coefficient (Wildman–Crippen LogP) is 19.2. The van der Waals surface area contributed by atoms with Crippen LogP contribution in [0.2, 0.25) is 0 Å². The first kappa shape index (κ1) is 78.5. The standard InChI is InChI=1S/C57H104O6.C7H15NO2.HO3P/c1-4-7-10-13-16-19-22-25-28-31-34-37-40-43-46-49-55(58)61-52-54(63-57(60)51-48-45-42-39-36-33-30-27-24-21-18-15-12-9-6-3)53-62-56(59)50-47-44-41-38-35-32-29-26-23-20-17-14-11-8-5-2;1-4-6-7-8(3,9)10-5-2;1-4(2)3/h25-30,54H,4-24,31-53H2,1-3H3;4H,1,5-7H2,2-3H3;(H-,1,2,3)/p+1/b28-25-,29-26-,30-27-;;. The number of hydrogen-bond acceptors (Lipinski definition) is 9. The third-order valence-electron chi connectivity index (χ3n) is 13.2. The first-order valence-corrected chi connectivity index (χ1v) is 32.7. The minimum absolute atomic E-state index is 0.0806. The summed E-state index contributed by atoms with van der Waals surface area (Å²) in [5.41, 5.74) is 0. The molecule has 0 amide bonds. The molecule has 0 aliphatic carbocycles. The lowest BCUT2D eigenvalue weighted by Crippen LogP contribution is -2.38. The van der Waals surface area contributed by atoms with Crippen LogP contribution in [0.25, 0.3) is 0 Å². The van der Waals surface area contributed by atoms with Crippen LogP contribution in [-0.4, -0.2) is 72.0 Å². The van der Waals surface area contributed by atoms with Crippen LogP contribution in [0.4, 0.5) is 0 Å². The van der Waals surface area contributed by atoms with Crippen molar-refractivity contribution in [2.45, 2.75) is 310 Å². The van der Waals surface area contributed by atoms with E-state index in [4.69, 9.17) is 33.4 Å². The van der Waals surface area contributed by atoms with E-state index in [1.54, 1.807) is 6.08 Å². The van der Waals surface area contributed by atoms with Gasteiger partial charge in [0.1, 0.15) is 26.4 Å². The molecule has 2 N–H and O–H groups in total. The maximum atomic E-state index is 12.8. The highest BCUT2D eigenvalue weighted by molar-refractivity contribution is 7.30. The number of carbonyl (C=O) groups is 3. The van der Waals surface area contributed by atoms with Crippen molar-refractivity contribution >= 4 is 26.2 Å². The van der Waals surface area contributed by atoms with Crippen LogP contribution >= 0.6 is 8.25 Å². The number of hydroxylamine groups is 4. The van der Waals surface area contributed by atoms with Gasteiger partial charge in [0, 0.05) is 30.2 Å². The van der Waals surface area contributed by atoms with Crippen molar-refractivity contribution in [2.75, 3.05) is 33.4 Å². The van der Waals surface area contributed by atoms with E-state index in [0.717, 1.165) is 77.0 Å². The van der Waals surface area contributed by atoms with Gasteiger partial charge in [0.25, 0.3) is 0 Å². The maximum absolute atomic E-state index is 12.8. The van der Waals surface area contributed by atoms with E-state index in [-0.39, 0.29) is 31.1 Å². The lowest BCUT2D eigenvalue weighted by molar-refractivity contribution is -1.05. The number of unbranched alkanes of at least 4 members (excludes halogenated alkanes) is 33. The highest BCUT2D eigenvalue weighted by atomic mass is 31.1. The molecule has 452 valence electrons. The van der Waals surface area contributed by atoms with E-state index in [0.29, 0.717) is 38.8 Å². The maximum Gasteiger partial charge on any atom is 0.692 e. The van der Waals surface area contributed by atoms with E-state index in [9.17, 15) is 19.6 Å². The Morgan fingerprint density at radius 1 is 0.455 bits per heavy atom. The molecule has 13 heteroatoms. The molecule has 77 heavy (non-hydrogen) atoms. The number of rotatable bonds is 55. The second-order valence-electron chi connectivity index (χ2n) is 21.0. The summed E-state index contributed by atoms with van der Waals surface area (Å²) < 4.78 is 25.5. The molecule has 1 atom stereocenters. The van der Waals surface area contributed by atoms with Gasteiger partial charge in [-0.05, 0) is 103 Å². The molecule has 0 saturated carbocycles. The second kappa shape index (κ2) is 65.8. The van der Waals surface area contributed by atoms with Crippen LogP contribution in [0.5, 0.6) is 0 Å². The number of hydrogen-bond donors (Lipinski definition) is 2. The average Bonchev–Trinajstić information content (AvgIpc) is 3.39. The Hall–Kier alpha value is -2.73. The highest BCUT2D eigenvalue weighted by Gasteiger charge is 2.19. The fourth-order valence-electron chi connectivity index (χ4n) is 8.56. The largest absolute Gasteiger partial charge is 0.692 e. The molecule has 0 radical (unpaired) electrons. The van der Waals surface area contributed by atoms with Crippen molar-refractivity contribution in [1.29, 1.82) is 0 Å². The van der Waals surface area contributed by atoms with Crippen molar-refractivity contribution in [3.8, 4) is 0 Å². The number of quaternary nitrogens is 1. The van der Waals surface area contributed by atoms with E-state index < -0.39 is 19.2 Å². The molecule has 0 aromatic carbocycles. The van der Waals surface area contributed by atoms with Crippen molar-refractivity contribution in [2.24, 2.45) is 0 Å². The molecule has 0 bridgehead atoms. The molecule has 0 aromatic rings. The van der Waals surface area contributed by atoms with Gasteiger partial charge in [0.05, 0.1) is 7.05 Å². The van der Waals surface area contributed by atoms with Gasteiger partial charge < -0.3 is 19.4 Å². The van der Waals surface area contributed by atoms with Gasteiger partial charge in [-0.2, -0.15) is 0 Å². The quantitative estimate of drug-likeness (QED) is 0.0113. The first-order chi connectivity index (χ1) is 37.4. The van der Waals surface area contributed by atoms with Crippen LogP contribution < -0.4 is 0 Å². The molecular formula is C64H121NO11P+. The van der Waals surface area contributed by atoms with Crippen LogP contribution in [0.15, 0.2) is 49.1 Å². The minimum atomic E-state index is -2.87. The number of ether oxygens (including phenoxy) is 3. The predicted molar refractivity (Wildman–Crippen MR) is 323 cm³/mol. The highest BCUT2D eigenvalue weighted by Crippen LogP contribution is 2.15. The topological polar surface area (TPSA) is 169 Å². The summed E-state index contributed by atoms with van der Waals surface area (Å²) in [5.74, 6) is -0.893. The molecule has 1 unspecified atom stereocenters. The Balaban J connectivity index is -0.00000341. The third kappa shape index (κ3) is 73.3. The zero-order valence-corrected chi connectivity index (χ0v) is 51.4. The molecular weight excluding hydrogens is 990 g/mol. The van der Waals surface area contributed by atoms with Gasteiger partial charge in [-0.3, -0.25) is 14.4 Å². The molecule has 0 rings (SSSR count). The Morgan fingerprint density at radius 2 is 0.714 bits per heavy atom. The number of allylic oxidation sites excluding steroid dienone is 6. The molecule has 0 aliphatic rings. The van der Waals surface area contributed by atoms with E-state index in [1.165, 1.54) is 180 Å². The number of nitrogens with zero attached hydrogens (tertiary/aromatic N) is 1. The molecule has 0 aliphatic heterocycles. The summed E-state index contributed by atoms with van der Waals surface area (Å²) in [7, 11) is -1.38. The monoisotopic (exact) mass is 1110 g/mol. The molecule has 12 nitrogen and oxygen atoms in total. The normalized spacial score (nSPS) is 12.1. The average molecular weight is 1110 g/mol. The number of carbonyl (C=O) groups excluding carboxylic acids is 3. The molecule has 0 saturated heterocycles. The minimum Gasteiger partial charge on any atom is -0.598 e. The van der Waals surface area contributed by atoms with Crippen molar-refractivity contribution < 1.29 is 52.6 Å². The summed E-state index contributed by atoms with van der Waals surface area (Å²) >= 11 is 0. The number of esters is 3. The zero-order chi connectivity index (χ0) is 57.4. The Labute approximate surface area is 474 Å². The fourth-order valence-corrected chi connectivity index (χ4v) is 8.56. The SMILES string of the molecule is C=CCC[N+](C)([O-])OCC.CCCCCCCC/C=C\CCCCCCCC(=O)OCC(COC(=O)CCCCCCC/C=C\CCCCCCCC)OC(=O)CCCCCCC/C=C\CCCCCCCC.O=[P+](O)O. The van der Waals surface area contributed by atoms with Crippen LogP contribution in [0, 0.1) is 5.21 Å². The lowest BCUT2D eigenvalue weighted by atomic mass is 10.1. The lowest BCUT2D eigenvalue weighted by Gasteiger charge is -2.33. The smallest absolute Gasteiger partial charge is 0.598 e.